The van der Waals surface area contributed by atoms with Gasteiger partial charge < -0.3 is 5.32 Å². The lowest BCUT2D eigenvalue weighted by Gasteiger charge is -2.23. The highest BCUT2D eigenvalue weighted by Crippen LogP contribution is 2.24. The van der Waals surface area contributed by atoms with Crippen LogP contribution in [0, 0.1) is 17.6 Å². The maximum atomic E-state index is 13.9. The minimum atomic E-state index is -0.494. The molecule has 1 aromatic rings. The lowest BCUT2D eigenvalue weighted by atomic mass is 9.96. The Bertz CT molecular complexity index is 401. The summed E-state index contributed by atoms with van der Waals surface area (Å²) >= 11 is 4.83. The molecule has 0 saturated carbocycles. The van der Waals surface area contributed by atoms with Gasteiger partial charge >= 0.3 is 0 Å². The maximum Gasteiger partial charge on any atom is 0.143 e. The molecule has 0 heterocycles. The molecular formula is C13H18BrF2NS. The monoisotopic (exact) mass is 337 g/mol. The van der Waals surface area contributed by atoms with E-state index >= 15 is 0 Å². The van der Waals surface area contributed by atoms with E-state index in [9.17, 15) is 8.78 Å². The van der Waals surface area contributed by atoms with Gasteiger partial charge in [0.15, 0.2) is 0 Å². The third-order valence-corrected chi connectivity index (χ3v) is 4.52. The number of halogens is 3. The van der Waals surface area contributed by atoms with E-state index in [0.717, 1.165) is 5.75 Å². The molecule has 1 rings (SSSR count). The third-order valence-electron chi connectivity index (χ3n) is 3.05. The van der Waals surface area contributed by atoms with Crippen molar-refractivity contribution in [1.82, 2.24) is 5.32 Å². The molecule has 0 radical (unpaired) electrons. The lowest BCUT2D eigenvalue weighted by molar-refractivity contribution is 0.414. The quantitative estimate of drug-likeness (QED) is 0.791. The second kappa shape index (κ2) is 7.46. The molecule has 1 aromatic carbocycles. The van der Waals surface area contributed by atoms with Gasteiger partial charge in [-0.1, -0.05) is 6.92 Å². The van der Waals surface area contributed by atoms with Gasteiger partial charge in [0.05, 0.1) is 4.47 Å². The summed E-state index contributed by atoms with van der Waals surface area (Å²) in [4.78, 5) is 0. The van der Waals surface area contributed by atoms with Crippen LogP contribution in [-0.4, -0.2) is 25.1 Å². The van der Waals surface area contributed by atoms with Gasteiger partial charge in [0.2, 0.25) is 0 Å². The Morgan fingerprint density at radius 3 is 2.61 bits per heavy atom. The van der Waals surface area contributed by atoms with E-state index < -0.39 is 11.6 Å². The van der Waals surface area contributed by atoms with Gasteiger partial charge in [-0.15, -0.1) is 0 Å². The van der Waals surface area contributed by atoms with Crippen molar-refractivity contribution in [2.75, 3.05) is 19.1 Å². The Labute approximate surface area is 120 Å². The van der Waals surface area contributed by atoms with Crippen LogP contribution in [0.4, 0.5) is 8.78 Å². The Balaban J connectivity index is 2.91. The van der Waals surface area contributed by atoms with E-state index in [4.69, 9.17) is 0 Å². The summed E-state index contributed by atoms with van der Waals surface area (Å²) in [7, 11) is 1.83. The molecule has 2 unspecified atom stereocenters. The molecule has 2 atom stereocenters. The molecule has 0 aromatic heterocycles. The normalized spacial score (nSPS) is 14.6. The zero-order valence-electron chi connectivity index (χ0n) is 10.8. The number of nitrogens with one attached hydrogen (secondary N) is 1. The van der Waals surface area contributed by atoms with E-state index in [1.54, 1.807) is 11.8 Å². The van der Waals surface area contributed by atoms with Crippen molar-refractivity contribution in [1.29, 1.82) is 0 Å². The highest BCUT2D eigenvalue weighted by Gasteiger charge is 2.20. The van der Waals surface area contributed by atoms with Crippen LogP contribution in [0.3, 0.4) is 0 Å². The first-order chi connectivity index (χ1) is 8.51. The molecule has 102 valence electrons. The van der Waals surface area contributed by atoms with E-state index in [1.807, 2.05) is 13.3 Å². The molecule has 0 aliphatic heterocycles. The highest BCUT2D eigenvalue weighted by atomic mass is 79.9. The molecule has 1 N–H and O–H groups in total. The predicted octanol–water partition coefficient (Wildman–Crippen LogP) is 3.86. The van der Waals surface area contributed by atoms with Gasteiger partial charge in [0.25, 0.3) is 0 Å². The number of likely N-dealkylation sites (N-methyl/N-ethyl adjacent to an activating group) is 1. The number of rotatable bonds is 6. The van der Waals surface area contributed by atoms with Crippen LogP contribution < -0.4 is 5.32 Å². The van der Waals surface area contributed by atoms with Crippen molar-refractivity contribution < 1.29 is 8.78 Å². The van der Waals surface area contributed by atoms with Gasteiger partial charge in [-0.3, -0.25) is 0 Å². The molecule has 0 aliphatic rings. The van der Waals surface area contributed by atoms with Crippen LogP contribution in [0.1, 0.15) is 12.5 Å². The zero-order valence-corrected chi connectivity index (χ0v) is 13.2. The Hall–Kier alpha value is -0.130. The van der Waals surface area contributed by atoms with Crippen molar-refractivity contribution in [2.45, 2.75) is 19.4 Å². The minimum absolute atomic E-state index is 0.0655. The van der Waals surface area contributed by atoms with Gasteiger partial charge in [0.1, 0.15) is 11.6 Å². The molecule has 0 bridgehead atoms. The lowest BCUT2D eigenvalue weighted by Crippen LogP contribution is -2.36. The van der Waals surface area contributed by atoms with E-state index in [2.05, 4.69) is 28.2 Å². The first-order valence-corrected chi connectivity index (χ1v) is 7.98. The molecule has 18 heavy (non-hydrogen) atoms. The van der Waals surface area contributed by atoms with Crippen molar-refractivity contribution in [3.8, 4) is 0 Å². The second-order valence-corrected chi connectivity index (χ2v) is 6.12. The van der Waals surface area contributed by atoms with Crippen molar-refractivity contribution in [2.24, 2.45) is 5.92 Å². The summed E-state index contributed by atoms with van der Waals surface area (Å²) in [6.45, 7) is 2.09. The van der Waals surface area contributed by atoms with Crippen LogP contribution in [0.5, 0.6) is 0 Å². The van der Waals surface area contributed by atoms with E-state index in [-0.39, 0.29) is 11.6 Å². The predicted molar refractivity (Wildman–Crippen MR) is 78.2 cm³/mol. The first-order valence-electron chi connectivity index (χ1n) is 5.79. The SMILES string of the molecule is CNC(Cc1c(F)ccc(Br)c1F)C(C)CSC. The smallest absolute Gasteiger partial charge is 0.143 e. The second-order valence-electron chi connectivity index (χ2n) is 4.35. The largest absolute Gasteiger partial charge is 0.316 e. The van der Waals surface area contributed by atoms with Crippen molar-refractivity contribution >= 4 is 27.7 Å². The number of hydrogen-bond donors (Lipinski definition) is 1. The maximum absolute atomic E-state index is 13.9. The molecule has 0 amide bonds. The standard InChI is InChI=1S/C13H18BrF2NS/c1-8(7-18-3)12(17-2)6-9-11(15)5-4-10(14)13(9)16/h4-5,8,12,17H,6-7H2,1-3H3. The van der Waals surface area contributed by atoms with Crippen LogP contribution in [0.25, 0.3) is 0 Å². The summed E-state index contributed by atoms with van der Waals surface area (Å²) in [5.74, 6) is 0.338. The summed E-state index contributed by atoms with van der Waals surface area (Å²) < 4.78 is 27.9. The van der Waals surface area contributed by atoms with Gasteiger partial charge in [-0.05, 0) is 59.5 Å². The average Bonchev–Trinajstić information content (AvgIpc) is 2.34. The van der Waals surface area contributed by atoms with Crippen LogP contribution >= 0.6 is 27.7 Å². The van der Waals surface area contributed by atoms with Crippen molar-refractivity contribution in [3.63, 3.8) is 0 Å². The van der Waals surface area contributed by atoms with Crippen LogP contribution in [0.15, 0.2) is 16.6 Å². The van der Waals surface area contributed by atoms with Gasteiger partial charge in [-0.2, -0.15) is 11.8 Å². The third kappa shape index (κ3) is 3.93. The molecule has 0 fully saturated rings. The molecule has 1 nitrogen and oxygen atoms in total. The summed E-state index contributed by atoms with van der Waals surface area (Å²) in [6.07, 6.45) is 2.39. The number of benzene rings is 1. The van der Waals surface area contributed by atoms with Crippen LogP contribution in [0.2, 0.25) is 0 Å². The van der Waals surface area contributed by atoms with E-state index in [0.29, 0.717) is 16.8 Å². The molecule has 0 aliphatic carbocycles. The van der Waals surface area contributed by atoms with E-state index in [1.165, 1.54) is 12.1 Å². The fourth-order valence-corrected chi connectivity index (χ4v) is 3.07. The van der Waals surface area contributed by atoms with Gasteiger partial charge in [-0.25, -0.2) is 8.78 Å². The number of thioether (sulfide) groups is 1. The topological polar surface area (TPSA) is 12.0 Å². The first kappa shape index (κ1) is 15.9. The summed E-state index contributed by atoms with van der Waals surface area (Å²) in [6, 6.07) is 2.76. The number of hydrogen-bond acceptors (Lipinski definition) is 2. The average molecular weight is 338 g/mol. The zero-order chi connectivity index (χ0) is 13.7. The molecular weight excluding hydrogens is 320 g/mol. The molecule has 0 spiro atoms. The fraction of sp³-hybridized carbons (Fsp3) is 0.538. The minimum Gasteiger partial charge on any atom is -0.316 e. The van der Waals surface area contributed by atoms with Gasteiger partial charge in [0, 0.05) is 11.6 Å². The molecule has 5 heteroatoms. The van der Waals surface area contributed by atoms with Crippen molar-refractivity contribution in [3.05, 3.63) is 33.8 Å². The molecule has 0 saturated heterocycles. The summed E-state index contributed by atoms with van der Waals surface area (Å²) in [5, 5.41) is 3.15. The Morgan fingerprint density at radius 2 is 2.06 bits per heavy atom. The Morgan fingerprint density at radius 1 is 1.39 bits per heavy atom. The Kier molecular flexibility index (Phi) is 6.60. The fourth-order valence-electron chi connectivity index (χ4n) is 1.94. The van der Waals surface area contributed by atoms with Crippen LogP contribution in [-0.2, 0) is 6.42 Å². The summed E-state index contributed by atoms with van der Waals surface area (Å²) in [5.41, 5.74) is 0.150. The highest BCUT2D eigenvalue weighted by molar-refractivity contribution is 9.10.